The number of hydrogen-bond acceptors (Lipinski definition) is 4. The second kappa shape index (κ2) is 9.96. The second-order valence-electron chi connectivity index (χ2n) is 9.93. The van der Waals surface area contributed by atoms with Crippen molar-refractivity contribution in [1.29, 1.82) is 0 Å². The van der Waals surface area contributed by atoms with Crippen molar-refractivity contribution in [3.8, 4) is 0 Å². The maximum absolute atomic E-state index is 13.1. The molecule has 0 amide bonds. The van der Waals surface area contributed by atoms with Crippen LogP contribution in [0, 0.1) is 0 Å². The van der Waals surface area contributed by atoms with Crippen molar-refractivity contribution in [2.75, 3.05) is 26.2 Å². The molecule has 4 nitrogen and oxygen atoms in total. The van der Waals surface area contributed by atoms with E-state index in [0.717, 1.165) is 62.0 Å². The molecule has 2 aliphatic rings. The number of nitrogens with zero attached hydrogens (tertiary/aromatic N) is 1. The average Bonchev–Trinajstić information content (AvgIpc) is 3.04. The zero-order chi connectivity index (χ0) is 24.3. The monoisotopic (exact) mass is 469 g/mol. The number of carbonyl (C=O) groups excluding carboxylic acids is 1. The van der Waals surface area contributed by atoms with E-state index in [1.54, 1.807) is 0 Å². The maximum atomic E-state index is 13.1. The number of likely N-dealkylation sites (tertiary alicyclic amines) is 1. The molecule has 4 heteroatoms. The number of carbonyl (C=O) groups is 1. The Balaban J connectivity index is 1.36. The van der Waals surface area contributed by atoms with Crippen LogP contribution >= 0.6 is 0 Å². The molecule has 1 N–H and O–H groups in total. The molecule has 1 aliphatic heterocycles. The minimum atomic E-state index is -1.02. The fourth-order valence-corrected chi connectivity index (χ4v) is 6.08. The molecular formula is C31H35NO3. The molecule has 0 radical (unpaired) electrons. The van der Waals surface area contributed by atoms with Crippen LogP contribution in [0.15, 0.2) is 78.9 Å². The van der Waals surface area contributed by atoms with Crippen LogP contribution in [0.2, 0.25) is 0 Å². The number of piperidine rings is 1. The van der Waals surface area contributed by atoms with Crippen LogP contribution in [0.25, 0.3) is 0 Å². The van der Waals surface area contributed by atoms with Gasteiger partial charge in [0.1, 0.15) is 5.60 Å². The molecule has 3 aromatic rings. The van der Waals surface area contributed by atoms with Gasteiger partial charge in [0, 0.05) is 6.54 Å². The van der Waals surface area contributed by atoms with Gasteiger partial charge in [-0.3, -0.25) is 4.79 Å². The van der Waals surface area contributed by atoms with Gasteiger partial charge >= 0.3 is 5.97 Å². The maximum Gasteiger partial charge on any atom is 0.316 e. The van der Waals surface area contributed by atoms with Gasteiger partial charge in [0.25, 0.3) is 0 Å². The molecule has 0 bridgehead atoms. The molecule has 1 fully saturated rings. The van der Waals surface area contributed by atoms with Crippen LogP contribution < -0.4 is 0 Å². The third kappa shape index (κ3) is 4.41. The van der Waals surface area contributed by atoms with Gasteiger partial charge in [-0.2, -0.15) is 0 Å². The summed E-state index contributed by atoms with van der Waals surface area (Å²) in [7, 11) is 0. The smallest absolute Gasteiger partial charge is 0.316 e. The van der Waals surface area contributed by atoms with Crippen molar-refractivity contribution < 1.29 is 14.6 Å². The van der Waals surface area contributed by atoms with E-state index in [0.29, 0.717) is 13.0 Å². The lowest BCUT2D eigenvalue weighted by atomic mass is 9.72. The Labute approximate surface area is 208 Å². The van der Waals surface area contributed by atoms with E-state index in [1.165, 1.54) is 11.1 Å². The third-order valence-corrected chi connectivity index (χ3v) is 8.08. The minimum Gasteiger partial charge on any atom is -0.465 e. The lowest BCUT2D eigenvalue weighted by Crippen LogP contribution is -2.49. The number of esters is 1. The fraction of sp³-hybridized carbons (Fsp3) is 0.387. The number of hydrogen-bond donors (Lipinski definition) is 1. The number of rotatable bonds is 6. The van der Waals surface area contributed by atoms with Gasteiger partial charge in [0.15, 0.2) is 0 Å². The molecule has 5 rings (SSSR count). The first-order valence-corrected chi connectivity index (χ1v) is 12.9. The molecule has 1 saturated heterocycles. The lowest BCUT2D eigenvalue weighted by Gasteiger charge is -2.41. The summed E-state index contributed by atoms with van der Waals surface area (Å²) in [6.45, 7) is 4.63. The van der Waals surface area contributed by atoms with Crippen LogP contribution in [-0.4, -0.2) is 42.2 Å². The molecule has 0 spiro atoms. The highest BCUT2D eigenvalue weighted by atomic mass is 16.5. The molecule has 35 heavy (non-hydrogen) atoms. The molecule has 0 unspecified atom stereocenters. The van der Waals surface area contributed by atoms with Crippen molar-refractivity contribution in [1.82, 2.24) is 4.90 Å². The Morgan fingerprint density at radius 1 is 0.857 bits per heavy atom. The fourth-order valence-electron chi connectivity index (χ4n) is 6.08. The quantitative estimate of drug-likeness (QED) is 0.516. The van der Waals surface area contributed by atoms with Crippen LogP contribution in [0.3, 0.4) is 0 Å². The van der Waals surface area contributed by atoms with E-state index in [-0.39, 0.29) is 5.97 Å². The Bertz CT molecular complexity index is 1120. The Morgan fingerprint density at radius 3 is 1.97 bits per heavy atom. The summed E-state index contributed by atoms with van der Waals surface area (Å²) in [6, 6.07) is 26.8. The summed E-state index contributed by atoms with van der Waals surface area (Å²) < 4.78 is 5.54. The summed E-state index contributed by atoms with van der Waals surface area (Å²) in [4.78, 5) is 15.5. The molecule has 0 aromatic heterocycles. The van der Waals surface area contributed by atoms with Crippen molar-refractivity contribution in [3.05, 3.63) is 107 Å². The molecule has 1 aliphatic carbocycles. The minimum absolute atomic E-state index is 0.115. The first-order chi connectivity index (χ1) is 17.1. The predicted molar refractivity (Wildman–Crippen MR) is 138 cm³/mol. The number of aryl methyl sites for hydroxylation is 2. The summed E-state index contributed by atoms with van der Waals surface area (Å²) in [5, 5.41) is 12.2. The SMILES string of the molecule is CCOC(=O)C1(c2ccccc2)CCN(CCC2(O)c3ccccc3CCc3ccccc32)CC1. The number of benzene rings is 3. The Kier molecular flexibility index (Phi) is 6.77. The molecular weight excluding hydrogens is 434 g/mol. The van der Waals surface area contributed by atoms with Gasteiger partial charge in [0.05, 0.1) is 12.0 Å². The second-order valence-corrected chi connectivity index (χ2v) is 9.93. The van der Waals surface area contributed by atoms with Crippen LogP contribution in [0.4, 0.5) is 0 Å². The van der Waals surface area contributed by atoms with Gasteiger partial charge in [0.2, 0.25) is 0 Å². The van der Waals surface area contributed by atoms with E-state index in [4.69, 9.17) is 4.74 Å². The number of aliphatic hydroxyl groups is 1. The first kappa shape index (κ1) is 23.8. The number of ether oxygens (including phenoxy) is 1. The zero-order valence-corrected chi connectivity index (χ0v) is 20.6. The third-order valence-electron chi connectivity index (χ3n) is 8.08. The van der Waals surface area contributed by atoms with Crippen molar-refractivity contribution >= 4 is 5.97 Å². The summed E-state index contributed by atoms with van der Waals surface area (Å²) in [5.41, 5.74) is 3.97. The average molecular weight is 470 g/mol. The molecule has 3 aromatic carbocycles. The van der Waals surface area contributed by atoms with Gasteiger partial charge in [-0.1, -0.05) is 78.9 Å². The molecule has 1 heterocycles. The lowest BCUT2D eigenvalue weighted by molar-refractivity contribution is -0.152. The topological polar surface area (TPSA) is 49.8 Å². The molecule has 182 valence electrons. The van der Waals surface area contributed by atoms with Crippen molar-refractivity contribution in [2.24, 2.45) is 0 Å². The van der Waals surface area contributed by atoms with E-state index < -0.39 is 11.0 Å². The van der Waals surface area contributed by atoms with E-state index in [2.05, 4.69) is 53.4 Å². The molecule has 0 atom stereocenters. The van der Waals surface area contributed by atoms with E-state index in [1.807, 2.05) is 37.3 Å². The zero-order valence-electron chi connectivity index (χ0n) is 20.6. The summed E-state index contributed by atoms with van der Waals surface area (Å²) in [5.74, 6) is -0.115. The Hall–Kier alpha value is -2.95. The predicted octanol–water partition coefficient (Wildman–Crippen LogP) is 5.01. The highest BCUT2D eigenvalue weighted by Crippen LogP contribution is 2.41. The first-order valence-electron chi connectivity index (χ1n) is 12.9. The highest BCUT2D eigenvalue weighted by Gasteiger charge is 2.45. The van der Waals surface area contributed by atoms with Crippen molar-refractivity contribution in [3.63, 3.8) is 0 Å². The molecule has 0 saturated carbocycles. The normalized spacial score (nSPS) is 18.7. The number of fused-ring (bicyclic) bond motifs is 2. The summed E-state index contributed by atoms with van der Waals surface area (Å²) >= 11 is 0. The summed E-state index contributed by atoms with van der Waals surface area (Å²) in [6.07, 6.45) is 3.96. The van der Waals surface area contributed by atoms with Gasteiger partial charge in [-0.15, -0.1) is 0 Å². The van der Waals surface area contributed by atoms with Gasteiger partial charge in [-0.25, -0.2) is 0 Å². The van der Waals surface area contributed by atoms with Gasteiger partial charge in [-0.05, 0) is 79.9 Å². The van der Waals surface area contributed by atoms with Gasteiger partial charge < -0.3 is 14.7 Å². The standard InChI is InChI=1S/C31H35NO3/c1-2-35-29(33)30(26-12-4-3-5-13-26)18-21-32(22-19-30)23-20-31(34)27-14-8-6-10-24(27)16-17-25-11-7-9-15-28(25)31/h3-15,34H,2,16-23H2,1H3. The van der Waals surface area contributed by atoms with E-state index >= 15 is 0 Å². The van der Waals surface area contributed by atoms with Crippen molar-refractivity contribution in [2.45, 2.75) is 50.0 Å². The van der Waals surface area contributed by atoms with E-state index in [9.17, 15) is 9.90 Å². The Morgan fingerprint density at radius 2 is 1.40 bits per heavy atom. The van der Waals surface area contributed by atoms with Crippen LogP contribution in [-0.2, 0) is 33.4 Å². The largest absolute Gasteiger partial charge is 0.465 e. The van der Waals surface area contributed by atoms with Crippen LogP contribution in [0.5, 0.6) is 0 Å². The van der Waals surface area contributed by atoms with Crippen LogP contribution in [0.1, 0.15) is 54.0 Å². The highest BCUT2D eigenvalue weighted by molar-refractivity contribution is 5.83.